The fraction of sp³-hybridized carbons (Fsp3) is 0.569. The van der Waals surface area contributed by atoms with Crippen LogP contribution < -0.4 is 10.1 Å². The van der Waals surface area contributed by atoms with Crippen molar-refractivity contribution in [3.05, 3.63) is 88.8 Å². The molecule has 4 heterocycles. The standard InChI is InChI=1S/C43H58N4O12.C22H28O5/c1-21-12-11-13-22(2)42(55)45-33-28(20-44-47-17-15-46(9)16-18-47)37(52)30-31(38(33)53)36(51)26(6)40-32(30)41(54)43(8,59-40)57-19-14-29(56-10)23(3)39(58-27(7)48)25(5)35(50)24(4)34(21)49;1-12-8-16-15-5-4-13-9-14(24)6-7-20(13,2)19(15)17(25)10-21(16,3)22(12,27)18(26)11-23/h11-14,19-21,23-25,29,34-35,39,49-53H,15-18H2,1-10H3,(H,45,55);6-7,9,15-17,19,23,25,27H,1,4-5,8,10-11H2,2-3H3/b12-11-,19-14-,22-13-,44-20?;/t21-,23-,24-,25-,29-,34+,35+,39-,43-;15-,16-,17-,19+,20-,21-,22-/m00/s1. The molecule has 468 valence electrons. The molecule has 2 aromatic carbocycles. The van der Waals surface area contributed by atoms with Crippen molar-refractivity contribution in [3.8, 4) is 23.0 Å². The average Bonchev–Trinajstić information content (AvgIpc) is 1.44. The number of esters is 1. The van der Waals surface area contributed by atoms with Crippen LogP contribution in [0.2, 0.25) is 0 Å². The number of allylic oxidation sites excluding steroid dienone is 6. The second kappa shape index (κ2) is 24.8. The predicted molar refractivity (Wildman–Crippen MR) is 320 cm³/mol. The van der Waals surface area contributed by atoms with E-state index in [1.54, 1.807) is 57.0 Å². The first-order chi connectivity index (χ1) is 40.3. The first kappa shape index (κ1) is 65.3. The van der Waals surface area contributed by atoms with E-state index in [1.165, 1.54) is 59.4 Å². The number of likely N-dealkylation sites (N-methyl/N-ethyl adjacent to an activating group) is 1. The van der Waals surface area contributed by atoms with Crippen molar-refractivity contribution in [2.75, 3.05) is 52.3 Å². The highest BCUT2D eigenvalue weighted by molar-refractivity contribution is 6.24. The number of fused-ring (bicyclic) bond motifs is 19. The van der Waals surface area contributed by atoms with Crippen LogP contribution >= 0.6 is 0 Å². The van der Waals surface area contributed by atoms with Crippen molar-refractivity contribution in [1.82, 2.24) is 9.91 Å². The molecule has 2 aromatic rings. The fourth-order valence-electron chi connectivity index (χ4n) is 14.8. The summed E-state index contributed by atoms with van der Waals surface area (Å²) in [6.45, 7) is 22.3. The van der Waals surface area contributed by atoms with Crippen LogP contribution in [-0.2, 0) is 33.4 Å². The van der Waals surface area contributed by atoms with Crippen LogP contribution in [0, 0.1) is 59.2 Å². The van der Waals surface area contributed by atoms with Crippen molar-refractivity contribution < 1.29 is 83.8 Å². The Kier molecular flexibility index (Phi) is 18.8. The number of methoxy groups -OCH3 is 1. The lowest BCUT2D eigenvalue weighted by atomic mass is 9.46. The number of aliphatic hydroxyl groups excluding tert-OH is 4. The highest BCUT2D eigenvalue weighted by Crippen LogP contribution is 2.68. The number of rotatable bonds is 6. The van der Waals surface area contributed by atoms with Crippen LogP contribution in [0.5, 0.6) is 23.0 Å². The number of carbonyl (C=O) groups excluding carboxylic acids is 5. The molecule has 16 atom stereocenters. The molecule has 5 bridgehead atoms. The summed E-state index contributed by atoms with van der Waals surface area (Å²) in [6, 6.07) is 0. The van der Waals surface area contributed by atoms with Gasteiger partial charge in [0.15, 0.2) is 22.9 Å². The zero-order valence-corrected chi connectivity index (χ0v) is 51.3. The number of Topliss-reactive ketones (excluding diaryl/α,β-unsaturated/α-hetero) is 2. The molecule has 4 aliphatic carbocycles. The number of phenolic OH excluding ortho intramolecular Hbond substituents is 3. The van der Waals surface area contributed by atoms with Crippen molar-refractivity contribution in [1.29, 1.82) is 0 Å². The van der Waals surface area contributed by atoms with E-state index in [1.807, 2.05) is 20.0 Å². The van der Waals surface area contributed by atoms with Gasteiger partial charge in [-0.15, -0.1) is 0 Å². The van der Waals surface area contributed by atoms with E-state index in [-0.39, 0.29) is 79.8 Å². The lowest BCUT2D eigenvalue weighted by Crippen LogP contribution is -2.62. The van der Waals surface area contributed by atoms with Gasteiger partial charge in [0.2, 0.25) is 0 Å². The zero-order chi connectivity index (χ0) is 63.4. The number of nitrogens with one attached hydrogen (secondary N) is 1. The summed E-state index contributed by atoms with van der Waals surface area (Å²) in [5.41, 5.74) is -1.87. The minimum atomic E-state index is -2.04. The number of ketones is 3. The highest BCUT2D eigenvalue weighted by Gasteiger charge is 2.69. The number of piperazine rings is 1. The lowest BCUT2D eigenvalue weighted by molar-refractivity contribution is -0.173. The van der Waals surface area contributed by atoms with Gasteiger partial charge < -0.3 is 70.0 Å². The van der Waals surface area contributed by atoms with Crippen LogP contribution in [0.25, 0.3) is 10.8 Å². The number of hydrazone groups is 1. The Balaban J connectivity index is 0.000000294. The highest BCUT2D eigenvalue weighted by atomic mass is 16.7. The Morgan fingerprint density at radius 1 is 0.930 bits per heavy atom. The quantitative estimate of drug-likeness (QED) is 0.0522. The molecule has 86 heavy (non-hydrogen) atoms. The average molecular weight is 1200 g/mol. The summed E-state index contributed by atoms with van der Waals surface area (Å²) in [6.07, 6.45) is 11.7. The predicted octanol–water partition coefficient (Wildman–Crippen LogP) is 6.06. The van der Waals surface area contributed by atoms with Crippen LogP contribution in [0.4, 0.5) is 5.69 Å². The zero-order valence-electron chi connectivity index (χ0n) is 51.3. The fourth-order valence-corrected chi connectivity index (χ4v) is 14.8. The topological polar surface area (TPSA) is 315 Å². The molecule has 9 N–H and O–H groups in total. The van der Waals surface area contributed by atoms with Gasteiger partial charge in [0, 0.05) is 104 Å². The molecule has 21 heteroatoms. The van der Waals surface area contributed by atoms with E-state index in [0.717, 1.165) is 31.5 Å². The van der Waals surface area contributed by atoms with E-state index < -0.39 is 118 Å². The van der Waals surface area contributed by atoms with Crippen LogP contribution in [0.1, 0.15) is 109 Å². The van der Waals surface area contributed by atoms with Gasteiger partial charge in [-0.2, -0.15) is 5.10 Å². The third-order valence-electron chi connectivity index (χ3n) is 20.1. The normalized spacial score (nSPS) is 37.2. The largest absolute Gasteiger partial charge is 0.507 e. The molecule has 0 spiro atoms. The number of hydrogen-bond acceptors (Lipinski definition) is 20. The number of ether oxygens (including phenoxy) is 4. The van der Waals surface area contributed by atoms with E-state index >= 15 is 0 Å². The minimum absolute atomic E-state index is 0.00306. The molecule has 10 rings (SSSR count). The summed E-state index contributed by atoms with van der Waals surface area (Å²) in [4.78, 5) is 67.0. The number of aromatic hydroxyl groups is 3. The van der Waals surface area contributed by atoms with Crippen LogP contribution in [0.3, 0.4) is 0 Å². The number of anilines is 1. The van der Waals surface area contributed by atoms with Gasteiger partial charge in [-0.1, -0.05) is 78.0 Å². The number of aliphatic hydroxyl groups is 5. The molecule has 0 unspecified atom stereocenters. The number of carbonyl (C=O) groups is 5. The molecule has 3 saturated carbocycles. The maximum Gasteiger partial charge on any atom is 0.312 e. The van der Waals surface area contributed by atoms with Gasteiger partial charge in [0.25, 0.3) is 11.7 Å². The Hall–Kier alpha value is -6.72. The second-order valence-electron chi connectivity index (χ2n) is 25.4. The Morgan fingerprint density at radius 2 is 1.60 bits per heavy atom. The Bertz CT molecular complexity index is 3250. The molecule has 1 amide bonds. The number of benzene rings is 2. The van der Waals surface area contributed by atoms with E-state index in [9.17, 15) is 64.8 Å². The van der Waals surface area contributed by atoms with Gasteiger partial charge in [-0.05, 0) is 82.2 Å². The number of hydrogen-bond donors (Lipinski definition) is 9. The van der Waals surface area contributed by atoms with E-state index in [0.29, 0.717) is 25.1 Å². The van der Waals surface area contributed by atoms with Crippen molar-refractivity contribution in [3.63, 3.8) is 0 Å². The molecule has 1 saturated heterocycles. The van der Waals surface area contributed by atoms with Gasteiger partial charge in [-0.3, -0.25) is 29.0 Å². The molecule has 0 radical (unpaired) electrons. The first-order valence-electron chi connectivity index (χ1n) is 29.6. The molecular weight excluding hydrogens is 1110 g/mol. The molecule has 0 aromatic heterocycles. The number of amides is 1. The lowest BCUT2D eigenvalue weighted by Gasteiger charge is -2.59. The van der Waals surface area contributed by atoms with Gasteiger partial charge in [0.05, 0.1) is 59.1 Å². The monoisotopic (exact) mass is 1190 g/mol. The van der Waals surface area contributed by atoms with Crippen molar-refractivity contribution in [2.45, 2.75) is 137 Å². The molecule has 8 aliphatic rings. The number of phenols is 3. The summed E-state index contributed by atoms with van der Waals surface area (Å²) in [5.74, 6) is -8.94. The summed E-state index contributed by atoms with van der Waals surface area (Å²) in [5, 5.41) is 98.8. The maximum absolute atomic E-state index is 14.4. The Labute approximate surface area is 502 Å². The third-order valence-corrected chi connectivity index (χ3v) is 20.1. The first-order valence-corrected chi connectivity index (χ1v) is 29.6. The van der Waals surface area contributed by atoms with Gasteiger partial charge >= 0.3 is 11.8 Å². The molecular formula is C65H86N4O17. The molecule has 4 aliphatic heterocycles. The third kappa shape index (κ3) is 11.3. The maximum atomic E-state index is 14.4. The summed E-state index contributed by atoms with van der Waals surface area (Å²) >= 11 is 0. The minimum Gasteiger partial charge on any atom is -0.507 e. The Morgan fingerprint density at radius 3 is 2.24 bits per heavy atom. The number of nitrogens with zero attached hydrogens (tertiary/aromatic N) is 3. The van der Waals surface area contributed by atoms with Crippen LogP contribution in [-0.4, -0.2) is 175 Å². The van der Waals surface area contributed by atoms with Crippen molar-refractivity contribution in [2.24, 2.45) is 57.4 Å². The summed E-state index contributed by atoms with van der Waals surface area (Å²) < 4.78 is 23.6. The van der Waals surface area contributed by atoms with Crippen molar-refractivity contribution >= 4 is 51.9 Å². The molecule has 4 fully saturated rings. The SMILES string of the molecule is C=C1C[C@H]2[C@@H]3CCC4=CC(=O)C=C[C@]4(C)[C@H]3[C@@H](O)C[C@]2(C)[C@@]1(O)C(=O)CO.CO[C@H]1/C=C\O[C@@]2(C)Oc3c(C)c(O)c4c(O)c(c(C=NN5CCN(C)CC5)c(O)c4c3C2=O)NC(=O)/C(C)=C\C=C/[C@H](C)[C@@H](O)[C@H](C)[C@@H](O)[C@H](C)[C@@H](OC(C)=O)[C@H]1C. The van der Waals surface area contributed by atoms with Gasteiger partial charge in [0.1, 0.15) is 30.0 Å². The smallest absolute Gasteiger partial charge is 0.312 e. The summed E-state index contributed by atoms with van der Waals surface area (Å²) in [7, 11) is 3.42. The van der Waals surface area contributed by atoms with Crippen LogP contribution in [0.15, 0.2) is 77.2 Å². The molecule has 21 nitrogen and oxygen atoms in total. The van der Waals surface area contributed by atoms with E-state index in [2.05, 4.69) is 28.8 Å². The van der Waals surface area contributed by atoms with E-state index in [4.69, 9.17) is 18.9 Å². The second-order valence-corrected chi connectivity index (χ2v) is 25.4. The van der Waals surface area contributed by atoms with Gasteiger partial charge in [-0.25, -0.2) is 0 Å².